The van der Waals surface area contributed by atoms with Crippen molar-refractivity contribution in [2.45, 2.75) is 31.1 Å². The Morgan fingerprint density at radius 3 is 2.80 bits per heavy atom. The van der Waals surface area contributed by atoms with Gasteiger partial charge in [-0.3, -0.25) is 0 Å². The van der Waals surface area contributed by atoms with E-state index in [9.17, 15) is 5.11 Å². The Kier molecular flexibility index (Phi) is 3.15. The van der Waals surface area contributed by atoms with Gasteiger partial charge in [0.2, 0.25) is 0 Å². The summed E-state index contributed by atoms with van der Waals surface area (Å²) < 4.78 is 1.10. The van der Waals surface area contributed by atoms with Crippen molar-refractivity contribution in [3.63, 3.8) is 0 Å². The standard InChI is InChI=1S/C12H15BrOS/c1-8-7-10(3-4-11(8)13)12(14)5-6-15-9(12)2/h3-4,7,9,14H,5-6H2,1-2H3/t9-,12+/m1/s1. The number of aryl methyl sites for hydroxylation is 1. The summed E-state index contributed by atoms with van der Waals surface area (Å²) in [6.07, 6.45) is 0.861. The molecule has 0 spiro atoms. The highest BCUT2D eigenvalue weighted by Gasteiger charge is 2.40. The Morgan fingerprint density at radius 1 is 1.53 bits per heavy atom. The van der Waals surface area contributed by atoms with Crippen LogP contribution in [0.5, 0.6) is 0 Å². The molecule has 3 heteroatoms. The minimum atomic E-state index is -0.629. The second-order valence-corrected chi connectivity index (χ2v) is 6.45. The minimum Gasteiger partial charge on any atom is -0.384 e. The predicted molar refractivity (Wildman–Crippen MR) is 69.3 cm³/mol. The number of halogens is 1. The van der Waals surface area contributed by atoms with Crippen LogP contribution in [-0.4, -0.2) is 16.1 Å². The van der Waals surface area contributed by atoms with Gasteiger partial charge in [0.1, 0.15) is 5.60 Å². The largest absolute Gasteiger partial charge is 0.384 e. The number of rotatable bonds is 1. The number of hydrogen-bond donors (Lipinski definition) is 1. The minimum absolute atomic E-state index is 0.290. The zero-order valence-electron chi connectivity index (χ0n) is 8.96. The van der Waals surface area contributed by atoms with Gasteiger partial charge in [-0.2, -0.15) is 11.8 Å². The monoisotopic (exact) mass is 286 g/mol. The molecule has 1 N–H and O–H groups in total. The maximum Gasteiger partial charge on any atom is 0.102 e. The fraction of sp³-hybridized carbons (Fsp3) is 0.500. The van der Waals surface area contributed by atoms with E-state index in [4.69, 9.17) is 0 Å². The summed E-state index contributed by atoms with van der Waals surface area (Å²) in [7, 11) is 0. The second kappa shape index (κ2) is 4.11. The highest BCUT2D eigenvalue weighted by atomic mass is 79.9. The van der Waals surface area contributed by atoms with Gasteiger partial charge in [-0.25, -0.2) is 0 Å². The van der Waals surface area contributed by atoms with E-state index < -0.39 is 5.60 Å². The van der Waals surface area contributed by atoms with Gasteiger partial charge in [0.15, 0.2) is 0 Å². The van der Waals surface area contributed by atoms with E-state index >= 15 is 0 Å². The van der Waals surface area contributed by atoms with Gasteiger partial charge in [0, 0.05) is 9.72 Å². The molecule has 1 aromatic carbocycles. The van der Waals surface area contributed by atoms with Crippen molar-refractivity contribution in [2.24, 2.45) is 0 Å². The van der Waals surface area contributed by atoms with Gasteiger partial charge in [-0.05, 0) is 36.3 Å². The maximum absolute atomic E-state index is 10.6. The number of thioether (sulfide) groups is 1. The fourth-order valence-electron chi connectivity index (χ4n) is 2.03. The van der Waals surface area contributed by atoms with E-state index in [0.29, 0.717) is 0 Å². The molecule has 0 bridgehead atoms. The summed E-state index contributed by atoms with van der Waals surface area (Å²) in [5.74, 6) is 1.05. The molecular formula is C12H15BrOS. The first-order chi connectivity index (χ1) is 7.04. The predicted octanol–water partition coefficient (Wildman–Crippen LogP) is 3.47. The van der Waals surface area contributed by atoms with Gasteiger partial charge in [0.25, 0.3) is 0 Å². The van der Waals surface area contributed by atoms with E-state index in [1.807, 2.05) is 23.9 Å². The molecule has 2 atom stereocenters. The van der Waals surface area contributed by atoms with Gasteiger partial charge in [0.05, 0.1) is 0 Å². The lowest BCUT2D eigenvalue weighted by molar-refractivity contribution is 0.0426. The first kappa shape index (κ1) is 11.5. The Morgan fingerprint density at radius 2 is 2.27 bits per heavy atom. The molecule has 15 heavy (non-hydrogen) atoms. The average Bonchev–Trinajstić information content (AvgIpc) is 2.53. The molecule has 1 aromatic rings. The summed E-state index contributed by atoms with van der Waals surface area (Å²) >= 11 is 5.33. The van der Waals surface area contributed by atoms with Gasteiger partial charge < -0.3 is 5.11 Å². The van der Waals surface area contributed by atoms with Gasteiger partial charge >= 0.3 is 0 Å². The van der Waals surface area contributed by atoms with Crippen LogP contribution in [0.25, 0.3) is 0 Å². The molecular weight excluding hydrogens is 272 g/mol. The molecule has 1 nitrogen and oxygen atoms in total. The molecule has 1 heterocycles. The van der Waals surface area contributed by atoms with E-state index in [1.165, 1.54) is 5.56 Å². The van der Waals surface area contributed by atoms with E-state index in [0.717, 1.165) is 22.2 Å². The van der Waals surface area contributed by atoms with Crippen molar-refractivity contribution < 1.29 is 5.11 Å². The van der Waals surface area contributed by atoms with Crippen LogP contribution in [0.3, 0.4) is 0 Å². The SMILES string of the molecule is Cc1cc([C@]2(O)CCS[C@@H]2C)ccc1Br. The van der Waals surface area contributed by atoms with Crippen molar-refractivity contribution >= 4 is 27.7 Å². The smallest absolute Gasteiger partial charge is 0.102 e. The Hall–Kier alpha value is 0.01000. The van der Waals surface area contributed by atoms with Crippen LogP contribution in [0.1, 0.15) is 24.5 Å². The highest BCUT2D eigenvalue weighted by molar-refractivity contribution is 9.10. The lowest BCUT2D eigenvalue weighted by atomic mass is 9.88. The first-order valence-electron chi connectivity index (χ1n) is 5.14. The van der Waals surface area contributed by atoms with Crippen molar-refractivity contribution in [3.8, 4) is 0 Å². The molecule has 0 aromatic heterocycles. The van der Waals surface area contributed by atoms with Crippen LogP contribution in [0.4, 0.5) is 0 Å². The van der Waals surface area contributed by atoms with Crippen LogP contribution < -0.4 is 0 Å². The summed E-state index contributed by atoms with van der Waals surface area (Å²) in [5, 5.41) is 10.9. The third-order valence-electron chi connectivity index (χ3n) is 3.18. The van der Waals surface area contributed by atoms with Crippen LogP contribution in [-0.2, 0) is 5.60 Å². The van der Waals surface area contributed by atoms with Gasteiger partial charge in [-0.15, -0.1) is 0 Å². The quantitative estimate of drug-likeness (QED) is 0.853. The van der Waals surface area contributed by atoms with Crippen LogP contribution >= 0.6 is 27.7 Å². The molecule has 1 aliphatic heterocycles. The van der Waals surface area contributed by atoms with Crippen molar-refractivity contribution in [2.75, 3.05) is 5.75 Å². The third-order valence-corrected chi connectivity index (χ3v) is 5.40. The van der Waals surface area contributed by atoms with Crippen LogP contribution in [0.2, 0.25) is 0 Å². The number of hydrogen-bond acceptors (Lipinski definition) is 2. The molecule has 0 aliphatic carbocycles. The zero-order valence-corrected chi connectivity index (χ0v) is 11.4. The zero-order chi connectivity index (χ0) is 11.1. The molecule has 0 unspecified atom stereocenters. The van der Waals surface area contributed by atoms with Crippen molar-refractivity contribution in [1.29, 1.82) is 0 Å². The molecule has 0 radical (unpaired) electrons. The third kappa shape index (κ3) is 1.97. The Balaban J connectivity index is 2.40. The van der Waals surface area contributed by atoms with Crippen molar-refractivity contribution in [1.82, 2.24) is 0 Å². The molecule has 0 saturated carbocycles. The number of benzene rings is 1. The molecule has 82 valence electrons. The lowest BCUT2D eigenvalue weighted by Gasteiger charge is -2.27. The second-order valence-electron chi connectivity index (χ2n) is 4.15. The van der Waals surface area contributed by atoms with Crippen molar-refractivity contribution in [3.05, 3.63) is 33.8 Å². The Bertz CT molecular complexity index is 380. The van der Waals surface area contributed by atoms with E-state index in [2.05, 4.69) is 35.8 Å². The summed E-state index contributed by atoms with van der Waals surface area (Å²) in [6.45, 7) is 4.17. The normalized spacial score (nSPS) is 30.8. The summed E-state index contributed by atoms with van der Waals surface area (Å²) in [6, 6.07) is 6.14. The van der Waals surface area contributed by atoms with Crippen LogP contribution in [0, 0.1) is 6.92 Å². The topological polar surface area (TPSA) is 20.2 Å². The first-order valence-corrected chi connectivity index (χ1v) is 6.99. The molecule has 1 saturated heterocycles. The summed E-state index contributed by atoms with van der Waals surface area (Å²) in [5.41, 5.74) is 1.61. The highest BCUT2D eigenvalue weighted by Crippen LogP contribution is 2.43. The lowest BCUT2D eigenvalue weighted by Crippen LogP contribution is -2.31. The molecule has 2 rings (SSSR count). The Labute approximate surface area is 103 Å². The number of aliphatic hydroxyl groups is 1. The molecule has 1 fully saturated rings. The van der Waals surface area contributed by atoms with Gasteiger partial charge in [-0.1, -0.05) is 35.0 Å². The molecule has 1 aliphatic rings. The summed E-state index contributed by atoms with van der Waals surface area (Å²) in [4.78, 5) is 0. The maximum atomic E-state index is 10.6. The molecule has 0 amide bonds. The van der Waals surface area contributed by atoms with E-state index in [1.54, 1.807) is 0 Å². The van der Waals surface area contributed by atoms with E-state index in [-0.39, 0.29) is 5.25 Å². The average molecular weight is 287 g/mol. The van der Waals surface area contributed by atoms with Crippen LogP contribution in [0.15, 0.2) is 22.7 Å². The fourth-order valence-corrected chi connectivity index (χ4v) is 3.58.